The Bertz CT molecular complexity index is 935. The van der Waals surface area contributed by atoms with E-state index in [-0.39, 0.29) is 23.6 Å². The maximum atomic E-state index is 13.3. The van der Waals surface area contributed by atoms with E-state index in [0.29, 0.717) is 43.7 Å². The van der Waals surface area contributed by atoms with Gasteiger partial charge in [-0.05, 0) is 30.5 Å². The van der Waals surface area contributed by atoms with Crippen molar-refractivity contribution in [3.8, 4) is 11.6 Å². The highest BCUT2D eigenvalue weighted by Crippen LogP contribution is 2.34. The van der Waals surface area contributed by atoms with Gasteiger partial charge in [-0.2, -0.15) is 10.1 Å². The predicted molar refractivity (Wildman–Crippen MR) is 99.1 cm³/mol. The van der Waals surface area contributed by atoms with Gasteiger partial charge in [0.05, 0.1) is 0 Å². The SMILES string of the molecule is O=C(CCc1nc(-c2ncn[nH]2)no1)NCC1(c2ccc(F)cc2)CCOCC1. The third-order valence-electron chi connectivity index (χ3n) is 5.19. The van der Waals surface area contributed by atoms with Crippen LogP contribution in [0.2, 0.25) is 0 Å². The molecule has 3 heterocycles. The van der Waals surface area contributed by atoms with E-state index < -0.39 is 0 Å². The summed E-state index contributed by atoms with van der Waals surface area (Å²) in [6.45, 7) is 1.69. The molecule has 1 aliphatic heterocycles. The molecule has 0 saturated carbocycles. The fourth-order valence-corrected chi connectivity index (χ4v) is 3.48. The van der Waals surface area contributed by atoms with E-state index in [0.717, 1.165) is 18.4 Å². The van der Waals surface area contributed by atoms with Gasteiger partial charge in [-0.15, -0.1) is 0 Å². The molecular weight excluding hydrogens is 379 g/mol. The van der Waals surface area contributed by atoms with Crippen LogP contribution < -0.4 is 5.32 Å². The molecule has 2 N–H and O–H groups in total. The first-order valence-electron chi connectivity index (χ1n) is 9.43. The zero-order valence-electron chi connectivity index (χ0n) is 15.7. The van der Waals surface area contributed by atoms with Crippen molar-refractivity contribution in [1.82, 2.24) is 30.6 Å². The Labute approximate surface area is 166 Å². The highest BCUT2D eigenvalue weighted by Gasteiger charge is 2.34. The molecule has 0 atom stereocenters. The predicted octanol–water partition coefficient (Wildman–Crippen LogP) is 1.79. The van der Waals surface area contributed by atoms with Gasteiger partial charge in [0, 0.05) is 38.0 Å². The van der Waals surface area contributed by atoms with Gasteiger partial charge in [-0.25, -0.2) is 9.37 Å². The number of amides is 1. The number of aromatic amines is 1. The summed E-state index contributed by atoms with van der Waals surface area (Å²) < 4.78 is 24.0. The molecular formula is C19H21FN6O3. The van der Waals surface area contributed by atoms with Crippen molar-refractivity contribution in [3.05, 3.63) is 47.9 Å². The molecule has 29 heavy (non-hydrogen) atoms. The second kappa shape index (κ2) is 8.48. The van der Waals surface area contributed by atoms with Crippen LogP contribution in [-0.2, 0) is 21.4 Å². The number of H-pyrrole nitrogens is 1. The molecule has 9 nitrogen and oxygen atoms in total. The molecule has 0 radical (unpaired) electrons. The number of carbonyl (C=O) groups is 1. The molecule has 0 aliphatic carbocycles. The molecule has 10 heteroatoms. The maximum absolute atomic E-state index is 13.3. The first-order chi connectivity index (χ1) is 14.1. The summed E-state index contributed by atoms with van der Waals surface area (Å²) in [5, 5.41) is 13.2. The van der Waals surface area contributed by atoms with Gasteiger partial charge in [0.1, 0.15) is 12.1 Å². The smallest absolute Gasteiger partial charge is 0.239 e. The van der Waals surface area contributed by atoms with Crippen molar-refractivity contribution in [3.63, 3.8) is 0 Å². The van der Waals surface area contributed by atoms with Crippen LogP contribution in [0.5, 0.6) is 0 Å². The van der Waals surface area contributed by atoms with E-state index in [1.165, 1.54) is 18.5 Å². The van der Waals surface area contributed by atoms with Gasteiger partial charge >= 0.3 is 0 Å². The van der Waals surface area contributed by atoms with Crippen LogP contribution >= 0.6 is 0 Å². The molecule has 1 saturated heterocycles. The van der Waals surface area contributed by atoms with E-state index in [2.05, 4.69) is 30.6 Å². The third-order valence-corrected chi connectivity index (χ3v) is 5.19. The highest BCUT2D eigenvalue weighted by atomic mass is 19.1. The van der Waals surface area contributed by atoms with Gasteiger partial charge in [-0.1, -0.05) is 17.3 Å². The molecule has 0 bridgehead atoms. The fourth-order valence-electron chi connectivity index (χ4n) is 3.48. The Balaban J connectivity index is 1.34. The van der Waals surface area contributed by atoms with E-state index in [1.54, 1.807) is 12.1 Å². The van der Waals surface area contributed by atoms with E-state index in [4.69, 9.17) is 9.26 Å². The zero-order chi connectivity index (χ0) is 20.1. The van der Waals surface area contributed by atoms with Crippen LogP contribution in [0.1, 0.15) is 30.7 Å². The lowest BCUT2D eigenvalue weighted by Crippen LogP contribution is -2.44. The lowest BCUT2D eigenvalue weighted by atomic mass is 9.74. The molecule has 0 unspecified atom stereocenters. The Kier molecular flexibility index (Phi) is 5.61. The third kappa shape index (κ3) is 4.48. The molecule has 152 valence electrons. The molecule has 1 fully saturated rings. The number of hydrogen-bond donors (Lipinski definition) is 2. The summed E-state index contributed by atoms with van der Waals surface area (Å²) in [7, 11) is 0. The minimum atomic E-state index is -0.274. The summed E-state index contributed by atoms with van der Waals surface area (Å²) >= 11 is 0. The number of nitrogens with zero attached hydrogens (tertiary/aromatic N) is 4. The van der Waals surface area contributed by atoms with Crippen molar-refractivity contribution in [2.45, 2.75) is 31.1 Å². The first kappa shape index (κ1) is 19.2. The lowest BCUT2D eigenvalue weighted by molar-refractivity contribution is -0.121. The van der Waals surface area contributed by atoms with Crippen molar-refractivity contribution >= 4 is 5.91 Å². The summed E-state index contributed by atoms with van der Waals surface area (Å²) in [5.74, 6) is 0.674. The minimum Gasteiger partial charge on any atom is -0.381 e. The summed E-state index contributed by atoms with van der Waals surface area (Å²) in [6, 6.07) is 6.48. The van der Waals surface area contributed by atoms with Crippen molar-refractivity contribution in [2.24, 2.45) is 0 Å². The quantitative estimate of drug-likeness (QED) is 0.621. The number of hydrogen-bond acceptors (Lipinski definition) is 7. The van der Waals surface area contributed by atoms with Crippen molar-refractivity contribution in [1.29, 1.82) is 0 Å². The van der Waals surface area contributed by atoms with E-state index >= 15 is 0 Å². The van der Waals surface area contributed by atoms with Crippen LogP contribution in [0.4, 0.5) is 4.39 Å². The van der Waals surface area contributed by atoms with Crippen LogP contribution in [-0.4, -0.2) is 51.0 Å². The number of benzene rings is 1. The Hall–Kier alpha value is -3.14. The summed E-state index contributed by atoms with van der Waals surface area (Å²) in [6.07, 6.45) is 3.42. The number of nitrogens with one attached hydrogen (secondary N) is 2. The van der Waals surface area contributed by atoms with E-state index in [9.17, 15) is 9.18 Å². The maximum Gasteiger partial charge on any atom is 0.239 e. The Morgan fingerprint density at radius 3 is 2.76 bits per heavy atom. The van der Waals surface area contributed by atoms with E-state index in [1.807, 2.05) is 0 Å². The number of aryl methyl sites for hydroxylation is 1. The molecule has 3 aromatic rings. The van der Waals surface area contributed by atoms with Gasteiger partial charge in [0.2, 0.25) is 17.6 Å². The first-order valence-corrected chi connectivity index (χ1v) is 9.43. The molecule has 1 aromatic carbocycles. The topological polar surface area (TPSA) is 119 Å². The van der Waals surface area contributed by atoms with Gasteiger partial charge < -0.3 is 14.6 Å². The van der Waals surface area contributed by atoms with Crippen molar-refractivity contribution in [2.75, 3.05) is 19.8 Å². The Morgan fingerprint density at radius 2 is 2.03 bits per heavy atom. The van der Waals surface area contributed by atoms with Crippen LogP contribution in [0.15, 0.2) is 35.1 Å². The van der Waals surface area contributed by atoms with Gasteiger partial charge in [0.15, 0.2) is 5.82 Å². The lowest BCUT2D eigenvalue weighted by Gasteiger charge is -2.38. The minimum absolute atomic E-state index is 0.114. The average Bonchev–Trinajstić information content (AvgIpc) is 3.44. The fraction of sp³-hybridized carbons (Fsp3) is 0.421. The van der Waals surface area contributed by atoms with Gasteiger partial charge in [-0.3, -0.25) is 9.89 Å². The van der Waals surface area contributed by atoms with Gasteiger partial charge in [0.25, 0.3) is 0 Å². The summed E-state index contributed by atoms with van der Waals surface area (Å²) in [5.41, 5.74) is 0.752. The molecule has 4 rings (SSSR count). The largest absolute Gasteiger partial charge is 0.381 e. The van der Waals surface area contributed by atoms with Crippen LogP contribution in [0.3, 0.4) is 0 Å². The normalized spacial score (nSPS) is 15.9. The molecule has 2 aromatic heterocycles. The number of carbonyl (C=O) groups excluding carboxylic acids is 1. The summed E-state index contributed by atoms with van der Waals surface area (Å²) in [4.78, 5) is 20.6. The second-order valence-electron chi connectivity index (χ2n) is 7.02. The monoisotopic (exact) mass is 400 g/mol. The van der Waals surface area contributed by atoms with Crippen LogP contribution in [0.25, 0.3) is 11.6 Å². The Morgan fingerprint density at radius 1 is 1.24 bits per heavy atom. The molecule has 1 aliphatic rings. The van der Waals surface area contributed by atoms with Crippen LogP contribution in [0, 0.1) is 5.82 Å². The second-order valence-corrected chi connectivity index (χ2v) is 7.02. The molecule has 1 amide bonds. The average molecular weight is 400 g/mol. The number of ether oxygens (including phenoxy) is 1. The zero-order valence-corrected chi connectivity index (χ0v) is 15.7. The van der Waals surface area contributed by atoms with Crippen molar-refractivity contribution < 1.29 is 18.4 Å². The number of halogens is 1. The number of rotatable bonds is 7. The number of aromatic nitrogens is 5. The highest BCUT2D eigenvalue weighted by molar-refractivity contribution is 5.76. The standard InChI is InChI=1S/C19H21FN6O3/c20-14-3-1-13(2-4-14)19(7-9-28-10-8-19)11-21-15(27)5-6-16-24-18(26-29-16)17-22-12-23-25-17/h1-4,12H,5-11H2,(H,21,27)(H,22,23,25). The molecule has 0 spiro atoms.